The maximum Gasteiger partial charge on any atom is 0.341 e. The number of fused-ring (bicyclic) bond motifs is 1. The van der Waals surface area contributed by atoms with E-state index in [-0.39, 0.29) is 18.2 Å². The van der Waals surface area contributed by atoms with Crippen molar-refractivity contribution in [3.05, 3.63) is 118 Å². The van der Waals surface area contributed by atoms with Gasteiger partial charge in [0.25, 0.3) is 11.8 Å². The van der Waals surface area contributed by atoms with Crippen LogP contribution in [0.25, 0.3) is 6.08 Å². The third-order valence-electron chi connectivity index (χ3n) is 7.71. The predicted molar refractivity (Wildman–Crippen MR) is 189 cm³/mol. The summed E-state index contributed by atoms with van der Waals surface area (Å²) in [5.41, 5.74) is 2.73. The van der Waals surface area contributed by atoms with Gasteiger partial charge < -0.3 is 20.7 Å². The lowest BCUT2D eigenvalue weighted by Gasteiger charge is -2.18. The fourth-order valence-electron chi connectivity index (χ4n) is 5.24. The third kappa shape index (κ3) is 8.78. The van der Waals surface area contributed by atoms with E-state index < -0.39 is 28.9 Å². The van der Waals surface area contributed by atoms with Gasteiger partial charge in [-0.25, -0.2) is 9.18 Å². The van der Waals surface area contributed by atoms with Crippen LogP contribution in [0.1, 0.15) is 63.9 Å². The van der Waals surface area contributed by atoms with Crippen LogP contribution in [-0.4, -0.2) is 35.5 Å². The van der Waals surface area contributed by atoms with Crippen LogP contribution in [0, 0.1) is 11.7 Å². The number of carbonyl (C=O) groups excluding carboxylic acids is 4. The molecule has 2 atom stereocenters. The Balaban J connectivity index is 1.29. The minimum Gasteiger partial charge on any atom is -0.462 e. The number of ether oxygens (including phenoxy) is 1. The van der Waals surface area contributed by atoms with E-state index in [9.17, 15) is 23.6 Å². The van der Waals surface area contributed by atoms with Gasteiger partial charge in [0.1, 0.15) is 16.5 Å². The summed E-state index contributed by atoms with van der Waals surface area (Å²) in [6, 6.07) is 21.0. The Kier molecular flexibility index (Phi) is 11.5. The minimum absolute atomic E-state index is 0.0355. The summed E-state index contributed by atoms with van der Waals surface area (Å²) in [6.45, 7) is 5.96. The molecule has 0 saturated carbocycles. The van der Waals surface area contributed by atoms with Gasteiger partial charge in [-0.05, 0) is 98.7 Å². The molecule has 1 aliphatic carbocycles. The number of esters is 1. The lowest BCUT2D eigenvalue weighted by molar-refractivity contribution is -0.115. The highest BCUT2D eigenvalue weighted by atomic mass is 32.2. The molecule has 0 saturated heterocycles. The molecule has 3 N–H and O–H groups in total. The van der Waals surface area contributed by atoms with Gasteiger partial charge in [0, 0.05) is 21.0 Å². The summed E-state index contributed by atoms with van der Waals surface area (Å²) in [4.78, 5) is 54.5. The Hall–Kier alpha value is -4.74. The second kappa shape index (κ2) is 15.9. The van der Waals surface area contributed by atoms with E-state index >= 15 is 0 Å². The molecule has 3 amide bonds. The molecule has 0 bridgehead atoms. The Bertz CT molecular complexity index is 1840. The lowest BCUT2D eigenvalue weighted by atomic mass is 9.88. The largest absolute Gasteiger partial charge is 0.462 e. The zero-order chi connectivity index (χ0) is 34.2. The summed E-state index contributed by atoms with van der Waals surface area (Å²) >= 11 is 2.74. The minimum atomic E-state index is -0.584. The van der Waals surface area contributed by atoms with Crippen molar-refractivity contribution < 1.29 is 28.3 Å². The van der Waals surface area contributed by atoms with Gasteiger partial charge in [0.15, 0.2) is 0 Å². The van der Waals surface area contributed by atoms with Crippen molar-refractivity contribution in [2.24, 2.45) is 5.92 Å². The van der Waals surface area contributed by atoms with Crippen LogP contribution in [0.3, 0.4) is 0 Å². The van der Waals surface area contributed by atoms with Crippen molar-refractivity contribution in [2.75, 3.05) is 17.2 Å². The number of hydrogen-bond donors (Lipinski definition) is 3. The van der Waals surface area contributed by atoms with E-state index in [4.69, 9.17) is 4.74 Å². The summed E-state index contributed by atoms with van der Waals surface area (Å²) in [7, 11) is 0. The van der Waals surface area contributed by atoms with E-state index in [2.05, 4.69) is 22.9 Å². The first-order valence-corrected chi connectivity index (χ1v) is 17.3. The quantitative estimate of drug-likeness (QED) is 0.0847. The first-order valence-electron chi connectivity index (χ1n) is 15.7. The Morgan fingerprint density at radius 3 is 2.50 bits per heavy atom. The van der Waals surface area contributed by atoms with Crippen LogP contribution in [0.2, 0.25) is 0 Å². The molecule has 11 heteroatoms. The Morgan fingerprint density at radius 1 is 1.02 bits per heavy atom. The van der Waals surface area contributed by atoms with Crippen LogP contribution in [0.4, 0.5) is 15.1 Å². The molecule has 0 radical (unpaired) electrons. The summed E-state index contributed by atoms with van der Waals surface area (Å²) in [5, 5.41) is 8.44. The van der Waals surface area contributed by atoms with E-state index in [0.29, 0.717) is 33.3 Å². The maximum absolute atomic E-state index is 13.5. The molecular weight excluding hydrogens is 650 g/mol. The molecule has 1 aromatic heterocycles. The van der Waals surface area contributed by atoms with Crippen molar-refractivity contribution in [3.63, 3.8) is 0 Å². The summed E-state index contributed by atoms with van der Waals surface area (Å²) in [6.07, 6.45) is 4.08. The molecule has 8 nitrogen and oxygen atoms in total. The number of carbonyl (C=O) groups is 4. The smallest absolute Gasteiger partial charge is 0.341 e. The van der Waals surface area contributed by atoms with Crippen LogP contribution in [0.5, 0.6) is 0 Å². The second-order valence-corrected chi connectivity index (χ2v) is 14.0. The molecule has 1 heterocycles. The first-order chi connectivity index (χ1) is 23.1. The number of amides is 3. The number of anilines is 2. The lowest BCUT2D eigenvalue weighted by Crippen LogP contribution is -2.30. The Morgan fingerprint density at radius 2 is 1.77 bits per heavy atom. The van der Waals surface area contributed by atoms with E-state index in [1.807, 2.05) is 6.07 Å². The van der Waals surface area contributed by atoms with Gasteiger partial charge in [-0.3, -0.25) is 14.4 Å². The molecule has 0 spiro atoms. The average Bonchev–Trinajstić information content (AvgIpc) is 3.42. The number of halogens is 1. The highest BCUT2D eigenvalue weighted by Gasteiger charge is 2.30. The third-order valence-corrected chi connectivity index (χ3v) is 9.98. The number of nitrogens with one attached hydrogen (secondary N) is 3. The van der Waals surface area contributed by atoms with E-state index in [1.165, 1.54) is 53.4 Å². The van der Waals surface area contributed by atoms with Crippen molar-refractivity contribution in [1.82, 2.24) is 5.32 Å². The monoisotopic (exact) mass is 685 g/mol. The molecule has 0 aliphatic heterocycles. The van der Waals surface area contributed by atoms with Gasteiger partial charge >= 0.3 is 5.97 Å². The van der Waals surface area contributed by atoms with Gasteiger partial charge in [0.2, 0.25) is 5.91 Å². The fourth-order valence-corrected chi connectivity index (χ4v) is 7.57. The van der Waals surface area contributed by atoms with Crippen LogP contribution in [0.15, 0.2) is 89.5 Å². The summed E-state index contributed by atoms with van der Waals surface area (Å²) in [5.74, 6) is -1.66. The van der Waals surface area contributed by atoms with Gasteiger partial charge in [-0.1, -0.05) is 43.3 Å². The van der Waals surface area contributed by atoms with Crippen LogP contribution < -0.4 is 16.0 Å². The normalized spacial score (nSPS) is 14.8. The molecule has 0 fully saturated rings. The number of thiophene rings is 1. The zero-order valence-corrected chi connectivity index (χ0v) is 28.4. The van der Waals surface area contributed by atoms with Crippen LogP contribution >= 0.6 is 23.1 Å². The van der Waals surface area contributed by atoms with Crippen molar-refractivity contribution in [1.29, 1.82) is 0 Å². The molecular formula is C37H36FN3O5S2. The van der Waals surface area contributed by atoms with E-state index in [1.54, 1.807) is 62.4 Å². The highest BCUT2D eigenvalue weighted by Crippen LogP contribution is 2.40. The molecule has 48 heavy (non-hydrogen) atoms. The second-order valence-electron chi connectivity index (χ2n) is 11.4. The molecule has 1 aliphatic rings. The summed E-state index contributed by atoms with van der Waals surface area (Å²) < 4.78 is 18.8. The van der Waals surface area contributed by atoms with Gasteiger partial charge in [-0.15, -0.1) is 23.1 Å². The number of thioether (sulfide) groups is 1. The Labute approximate surface area is 287 Å². The standard InChI is InChI=1S/C37H36FN3O5S2/c1-4-46-37(45)32-29-18-13-22(2)19-31(29)48-36(32)41-33(42)23(3)47-28-12-8-11-27(21-28)39-35(44)30(20-24-14-16-26(38)17-15-24)40-34(43)25-9-6-5-7-10-25/h5-12,14-17,20-23H,4,13,18-19H2,1-3H3,(H,39,44)(H,40,43)(H,41,42)/b30-20-. The fraction of sp³-hybridized carbons (Fsp3) is 0.243. The molecule has 3 aromatic carbocycles. The van der Waals surface area contributed by atoms with Gasteiger partial charge in [0.05, 0.1) is 17.4 Å². The molecule has 2 unspecified atom stereocenters. The highest BCUT2D eigenvalue weighted by molar-refractivity contribution is 8.00. The number of rotatable bonds is 11. The molecule has 5 rings (SSSR count). The number of hydrogen-bond acceptors (Lipinski definition) is 7. The van der Waals surface area contributed by atoms with Crippen molar-refractivity contribution >= 4 is 63.6 Å². The molecule has 248 valence electrons. The predicted octanol–water partition coefficient (Wildman–Crippen LogP) is 7.72. The van der Waals surface area contributed by atoms with Crippen molar-refractivity contribution in [2.45, 2.75) is 50.2 Å². The zero-order valence-electron chi connectivity index (χ0n) is 26.8. The SMILES string of the molecule is CCOC(=O)c1c(NC(=O)C(C)Sc2cccc(NC(=O)/C(=C/c3ccc(F)cc3)NC(=O)c3ccccc3)c2)sc2c1CCC(C)C2. The van der Waals surface area contributed by atoms with Gasteiger partial charge in [-0.2, -0.15) is 0 Å². The van der Waals surface area contributed by atoms with Crippen LogP contribution in [-0.2, 0) is 27.2 Å². The van der Waals surface area contributed by atoms with Crippen molar-refractivity contribution in [3.8, 4) is 0 Å². The first kappa shape index (κ1) is 34.6. The maximum atomic E-state index is 13.5. The van der Waals surface area contributed by atoms with E-state index in [0.717, 1.165) is 34.6 Å². The average molecular weight is 686 g/mol. The topological polar surface area (TPSA) is 114 Å². The molecule has 4 aromatic rings. The number of benzene rings is 3.